The summed E-state index contributed by atoms with van der Waals surface area (Å²) in [6.07, 6.45) is 1.74. The van der Waals surface area contributed by atoms with Crippen molar-refractivity contribution in [3.8, 4) is 0 Å². The zero-order valence-electron chi connectivity index (χ0n) is 20.8. The molecule has 2 aromatic heterocycles. The molecule has 0 saturated carbocycles. The first kappa shape index (κ1) is 27.5. The summed E-state index contributed by atoms with van der Waals surface area (Å²) in [4.78, 5) is 34.3. The number of carboxylic acid groups (broad SMARTS) is 1. The SMILES string of the molecule is CCOC(=O)c1sc2nc(CN3CC4(CC=CC4)C3c3ccccc3)nc(N)c2c1C.O=C(O)C(F)(F)F. The summed E-state index contributed by atoms with van der Waals surface area (Å²) in [6.45, 7) is 5.66. The standard InChI is InChI=1S/C24H26N4O2S.C2HF3O2/c1-3-30-23(29)19-15(2)18-21(25)26-17(27-22(18)31-19)13-28-14-24(11-7-8-12-24)20(28)16-9-5-4-6-10-16;3-2(4,5)1(6)7/h4-10,20H,3,11-14H2,1-2H3,(H2,25,26,27);(H,6,7). The van der Waals surface area contributed by atoms with Gasteiger partial charge in [-0.1, -0.05) is 42.5 Å². The van der Waals surface area contributed by atoms with Crippen LogP contribution in [0.15, 0.2) is 42.5 Å². The van der Waals surface area contributed by atoms with Crippen molar-refractivity contribution in [2.24, 2.45) is 5.41 Å². The maximum atomic E-state index is 12.3. The first-order valence-corrected chi connectivity index (χ1v) is 12.7. The van der Waals surface area contributed by atoms with Gasteiger partial charge in [0.2, 0.25) is 0 Å². The minimum Gasteiger partial charge on any atom is -0.475 e. The number of ether oxygens (including phenoxy) is 1. The summed E-state index contributed by atoms with van der Waals surface area (Å²) in [5, 5.41) is 7.89. The molecular formula is C26H27F3N4O4S. The molecule has 2 aliphatic rings. The third-order valence-corrected chi connectivity index (χ3v) is 7.87. The summed E-state index contributed by atoms with van der Waals surface area (Å²) < 4.78 is 36.9. The smallest absolute Gasteiger partial charge is 0.475 e. The van der Waals surface area contributed by atoms with Gasteiger partial charge in [0.25, 0.3) is 0 Å². The van der Waals surface area contributed by atoms with Gasteiger partial charge in [0.05, 0.1) is 18.5 Å². The van der Waals surface area contributed by atoms with Crippen LogP contribution in [0.4, 0.5) is 19.0 Å². The zero-order valence-corrected chi connectivity index (χ0v) is 21.6. The highest BCUT2D eigenvalue weighted by atomic mass is 32.1. The molecule has 1 spiro atoms. The molecule has 1 atom stereocenters. The number of rotatable bonds is 5. The second-order valence-electron chi connectivity index (χ2n) is 9.25. The van der Waals surface area contributed by atoms with E-state index < -0.39 is 12.1 Å². The van der Waals surface area contributed by atoms with Crippen molar-refractivity contribution in [1.82, 2.24) is 14.9 Å². The fourth-order valence-electron chi connectivity index (χ4n) is 5.14. The molecule has 3 aromatic rings. The molecule has 0 amide bonds. The van der Waals surface area contributed by atoms with Crippen molar-refractivity contribution in [2.75, 3.05) is 18.9 Å². The molecule has 1 aliphatic heterocycles. The molecular weight excluding hydrogens is 521 g/mol. The van der Waals surface area contributed by atoms with Gasteiger partial charge in [-0.05, 0) is 37.8 Å². The third kappa shape index (κ3) is 5.37. The maximum absolute atomic E-state index is 12.3. The predicted octanol–water partition coefficient (Wildman–Crippen LogP) is 5.29. The molecule has 3 heterocycles. The number of esters is 1. The topological polar surface area (TPSA) is 119 Å². The highest BCUT2D eigenvalue weighted by Crippen LogP contribution is 2.56. The predicted molar refractivity (Wildman–Crippen MR) is 137 cm³/mol. The number of carbonyl (C=O) groups is 2. The molecule has 1 aromatic carbocycles. The van der Waals surface area contributed by atoms with E-state index in [9.17, 15) is 18.0 Å². The first-order valence-electron chi connectivity index (χ1n) is 11.9. The van der Waals surface area contributed by atoms with Gasteiger partial charge >= 0.3 is 18.1 Å². The quantitative estimate of drug-likeness (QED) is 0.326. The Morgan fingerprint density at radius 1 is 1.21 bits per heavy atom. The van der Waals surface area contributed by atoms with Gasteiger partial charge in [0, 0.05) is 18.0 Å². The zero-order chi connectivity index (χ0) is 27.7. The van der Waals surface area contributed by atoms with Gasteiger partial charge in [0.15, 0.2) is 0 Å². The van der Waals surface area contributed by atoms with E-state index in [1.54, 1.807) is 6.92 Å². The molecule has 202 valence electrons. The van der Waals surface area contributed by atoms with Crippen LogP contribution in [0.2, 0.25) is 0 Å². The number of carbonyl (C=O) groups excluding carboxylic acids is 1. The fraction of sp³-hybridized carbons (Fsp3) is 0.385. The summed E-state index contributed by atoms with van der Waals surface area (Å²) in [5.74, 6) is -1.96. The van der Waals surface area contributed by atoms with Crippen LogP contribution in [0.25, 0.3) is 10.2 Å². The fourth-order valence-corrected chi connectivity index (χ4v) is 6.24. The number of alkyl halides is 3. The monoisotopic (exact) mass is 548 g/mol. The average molecular weight is 549 g/mol. The molecule has 3 N–H and O–H groups in total. The number of allylic oxidation sites excluding steroid dienone is 2. The molecule has 38 heavy (non-hydrogen) atoms. The Morgan fingerprint density at radius 3 is 2.42 bits per heavy atom. The second kappa shape index (κ2) is 10.7. The van der Waals surface area contributed by atoms with Crippen LogP contribution in [0, 0.1) is 12.3 Å². The number of aliphatic carboxylic acids is 1. The number of fused-ring (bicyclic) bond motifs is 1. The molecule has 0 bridgehead atoms. The Bertz CT molecular complexity index is 1370. The van der Waals surface area contributed by atoms with Gasteiger partial charge in [0.1, 0.15) is 21.3 Å². The van der Waals surface area contributed by atoms with E-state index in [1.807, 2.05) is 6.92 Å². The molecule has 0 radical (unpaired) electrons. The number of nitrogens with zero attached hydrogens (tertiary/aromatic N) is 3. The highest BCUT2D eigenvalue weighted by molar-refractivity contribution is 7.20. The minimum atomic E-state index is -5.08. The number of anilines is 1. The van der Waals surface area contributed by atoms with Crippen LogP contribution in [-0.2, 0) is 16.1 Å². The number of hydrogen-bond acceptors (Lipinski definition) is 8. The van der Waals surface area contributed by atoms with Crippen LogP contribution in [0.5, 0.6) is 0 Å². The molecule has 5 rings (SSSR count). The number of nitrogen functional groups attached to an aromatic ring is 1. The number of thiophene rings is 1. The van der Waals surface area contributed by atoms with Crippen LogP contribution in [0.1, 0.15) is 52.4 Å². The normalized spacial score (nSPS) is 18.2. The number of likely N-dealkylation sites (tertiary alicyclic amines) is 1. The largest absolute Gasteiger partial charge is 0.490 e. The Morgan fingerprint density at radius 2 is 1.84 bits per heavy atom. The lowest BCUT2D eigenvalue weighted by Gasteiger charge is -2.56. The number of carboxylic acids is 1. The highest BCUT2D eigenvalue weighted by Gasteiger charge is 2.52. The van der Waals surface area contributed by atoms with Crippen molar-refractivity contribution in [1.29, 1.82) is 0 Å². The number of nitrogens with two attached hydrogens (primary N) is 1. The summed E-state index contributed by atoms with van der Waals surface area (Å²) >= 11 is 1.33. The van der Waals surface area contributed by atoms with Gasteiger partial charge < -0.3 is 15.6 Å². The van der Waals surface area contributed by atoms with Gasteiger partial charge in [-0.15, -0.1) is 11.3 Å². The number of halogens is 3. The number of hydrogen-bond donors (Lipinski definition) is 2. The molecule has 1 aliphatic carbocycles. The van der Waals surface area contributed by atoms with E-state index in [0.717, 1.165) is 35.2 Å². The minimum absolute atomic E-state index is 0.271. The Hall–Kier alpha value is -3.51. The number of aryl methyl sites for hydroxylation is 1. The third-order valence-electron chi connectivity index (χ3n) is 6.71. The maximum Gasteiger partial charge on any atom is 0.490 e. The second-order valence-corrected chi connectivity index (χ2v) is 10.2. The van der Waals surface area contributed by atoms with Gasteiger partial charge in [-0.25, -0.2) is 19.6 Å². The van der Waals surface area contributed by atoms with Crippen LogP contribution >= 0.6 is 11.3 Å². The Balaban J connectivity index is 0.000000426. The Kier molecular flexibility index (Phi) is 7.75. The lowest BCUT2D eigenvalue weighted by atomic mass is 9.67. The van der Waals surface area contributed by atoms with E-state index in [2.05, 4.69) is 52.4 Å². The van der Waals surface area contributed by atoms with Crippen molar-refractivity contribution >= 4 is 39.3 Å². The number of benzene rings is 1. The van der Waals surface area contributed by atoms with Crippen LogP contribution < -0.4 is 5.73 Å². The lowest BCUT2D eigenvalue weighted by Crippen LogP contribution is -2.57. The Labute approximate surface area is 220 Å². The molecule has 8 nitrogen and oxygen atoms in total. The van der Waals surface area contributed by atoms with Crippen molar-refractivity contribution in [2.45, 2.75) is 45.5 Å². The molecule has 12 heteroatoms. The summed E-state index contributed by atoms with van der Waals surface area (Å²) in [7, 11) is 0. The van der Waals surface area contributed by atoms with Crippen LogP contribution in [0.3, 0.4) is 0 Å². The van der Waals surface area contributed by atoms with Gasteiger partial charge in [-0.3, -0.25) is 4.90 Å². The van der Waals surface area contributed by atoms with E-state index >= 15 is 0 Å². The van der Waals surface area contributed by atoms with E-state index in [4.69, 9.17) is 25.4 Å². The van der Waals surface area contributed by atoms with E-state index in [0.29, 0.717) is 35.7 Å². The van der Waals surface area contributed by atoms with Gasteiger partial charge in [-0.2, -0.15) is 13.2 Å². The average Bonchev–Trinajstić information content (AvgIpc) is 3.46. The van der Waals surface area contributed by atoms with E-state index in [-0.39, 0.29) is 11.4 Å². The number of aromatic nitrogens is 2. The van der Waals surface area contributed by atoms with Crippen molar-refractivity contribution < 1.29 is 32.6 Å². The van der Waals surface area contributed by atoms with Crippen molar-refractivity contribution in [3.05, 3.63) is 64.3 Å². The summed E-state index contributed by atoms with van der Waals surface area (Å²) in [5.41, 5.74) is 8.72. The molecule has 1 fully saturated rings. The van der Waals surface area contributed by atoms with Crippen molar-refractivity contribution in [3.63, 3.8) is 0 Å². The summed E-state index contributed by atoms with van der Waals surface area (Å²) in [6, 6.07) is 11.0. The lowest BCUT2D eigenvalue weighted by molar-refractivity contribution is -0.192. The first-order chi connectivity index (χ1) is 18.0. The molecule has 1 saturated heterocycles. The van der Waals surface area contributed by atoms with E-state index in [1.165, 1.54) is 16.9 Å². The van der Waals surface area contributed by atoms with Crippen LogP contribution in [-0.4, -0.2) is 51.2 Å². The molecule has 1 unspecified atom stereocenters.